The first-order valence-corrected chi connectivity index (χ1v) is 9.12. The van der Waals surface area contributed by atoms with Crippen molar-refractivity contribution in [2.24, 2.45) is 0 Å². The lowest BCUT2D eigenvalue weighted by atomic mass is 10.1. The summed E-state index contributed by atoms with van der Waals surface area (Å²) in [6, 6.07) is 10.3. The first-order valence-electron chi connectivity index (χ1n) is 7.63. The van der Waals surface area contributed by atoms with Crippen LogP contribution in [0.25, 0.3) is 0 Å². The van der Waals surface area contributed by atoms with Crippen LogP contribution in [0.5, 0.6) is 0 Å². The number of sulfonamides is 1. The quantitative estimate of drug-likeness (QED) is 0.829. The van der Waals surface area contributed by atoms with E-state index in [-0.39, 0.29) is 10.8 Å². The molecule has 7 heteroatoms. The van der Waals surface area contributed by atoms with Gasteiger partial charge >= 0.3 is 0 Å². The van der Waals surface area contributed by atoms with Crippen molar-refractivity contribution in [3.8, 4) is 0 Å². The van der Waals surface area contributed by atoms with Gasteiger partial charge in [0.05, 0.1) is 11.4 Å². The van der Waals surface area contributed by atoms with E-state index < -0.39 is 10.0 Å². The molecule has 1 amide bonds. The first kappa shape index (κ1) is 18.2. The second-order valence-corrected chi connectivity index (χ2v) is 7.50. The zero-order valence-electron chi connectivity index (χ0n) is 14.1. The minimum absolute atomic E-state index is 0.0102. The highest BCUT2D eigenvalue weighted by atomic mass is 32.2. The summed E-state index contributed by atoms with van der Waals surface area (Å²) in [5.41, 5.74) is 0.917. The number of hydrogen-bond acceptors (Lipinski definition) is 4. The second-order valence-electron chi connectivity index (χ2n) is 5.61. The summed E-state index contributed by atoms with van der Waals surface area (Å²) in [4.78, 5) is 14.0. The Kier molecular flexibility index (Phi) is 5.80. The fourth-order valence-corrected chi connectivity index (χ4v) is 3.02. The third-order valence-electron chi connectivity index (χ3n) is 3.74. The zero-order valence-corrected chi connectivity index (χ0v) is 14.9. The van der Waals surface area contributed by atoms with E-state index in [9.17, 15) is 13.2 Å². The minimum Gasteiger partial charge on any atom is -0.464 e. The Bertz CT molecular complexity index is 794. The van der Waals surface area contributed by atoms with Crippen LogP contribution in [-0.4, -0.2) is 33.3 Å². The van der Waals surface area contributed by atoms with Crippen molar-refractivity contribution in [2.45, 2.75) is 31.2 Å². The van der Waals surface area contributed by atoms with Gasteiger partial charge in [-0.05, 0) is 50.2 Å². The molecule has 0 spiro atoms. The van der Waals surface area contributed by atoms with Gasteiger partial charge in [0.15, 0.2) is 0 Å². The third kappa shape index (κ3) is 4.69. The van der Waals surface area contributed by atoms with E-state index in [1.54, 1.807) is 36.2 Å². The number of nitrogens with zero attached hydrogens (tertiary/aromatic N) is 1. The molecule has 1 N–H and O–H groups in total. The van der Waals surface area contributed by atoms with E-state index in [0.29, 0.717) is 19.4 Å². The normalized spacial score (nSPS) is 11.5. The number of benzene rings is 1. The van der Waals surface area contributed by atoms with Crippen molar-refractivity contribution in [3.63, 3.8) is 0 Å². The van der Waals surface area contributed by atoms with Gasteiger partial charge < -0.3 is 9.32 Å². The van der Waals surface area contributed by atoms with Crippen molar-refractivity contribution in [3.05, 3.63) is 53.5 Å². The van der Waals surface area contributed by atoms with Gasteiger partial charge in [0.25, 0.3) is 0 Å². The summed E-state index contributed by atoms with van der Waals surface area (Å²) in [7, 11) is -0.316. The van der Waals surface area contributed by atoms with Crippen molar-refractivity contribution < 1.29 is 17.6 Å². The Balaban J connectivity index is 1.89. The first-order chi connectivity index (χ1) is 11.3. The molecule has 130 valence electrons. The fourth-order valence-electron chi connectivity index (χ4n) is 2.29. The summed E-state index contributed by atoms with van der Waals surface area (Å²) in [5.74, 6) is 1.59. The molecule has 0 atom stereocenters. The summed E-state index contributed by atoms with van der Waals surface area (Å²) in [6.07, 6.45) is 0.911. The maximum atomic E-state index is 12.2. The molecule has 0 aliphatic heterocycles. The van der Waals surface area contributed by atoms with Crippen molar-refractivity contribution >= 4 is 15.9 Å². The molecule has 24 heavy (non-hydrogen) atoms. The summed E-state index contributed by atoms with van der Waals surface area (Å²) in [6.45, 7) is 2.30. The maximum absolute atomic E-state index is 12.2. The van der Waals surface area contributed by atoms with Gasteiger partial charge in [-0.1, -0.05) is 12.1 Å². The van der Waals surface area contributed by atoms with Crippen molar-refractivity contribution in [2.75, 3.05) is 14.1 Å². The Labute approximate surface area is 142 Å². The Morgan fingerprint density at radius 1 is 1.17 bits per heavy atom. The van der Waals surface area contributed by atoms with Crippen LogP contribution in [0.1, 0.15) is 23.5 Å². The summed E-state index contributed by atoms with van der Waals surface area (Å²) < 4.78 is 31.1. The predicted octanol–water partition coefficient (Wildman–Crippen LogP) is 2.09. The van der Waals surface area contributed by atoms with Gasteiger partial charge in [0, 0.05) is 13.5 Å². The highest BCUT2D eigenvalue weighted by Crippen LogP contribution is 2.13. The molecule has 6 nitrogen and oxygen atoms in total. The van der Waals surface area contributed by atoms with Crippen LogP contribution in [0.2, 0.25) is 0 Å². The van der Waals surface area contributed by atoms with E-state index in [0.717, 1.165) is 17.1 Å². The molecule has 0 saturated carbocycles. The third-order valence-corrected chi connectivity index (χ3v) is 5.17. The molecule has 1 aromatic carbocycles. The van der Waals surface area contributed by atoms with Gasteiger partial charge in [0.1, 0.15) is 11.5 Å². The van der Waals surface area contributed by atoms with E-state index >= 15 is 0 Å². The van der Waals surface area contributed by atoms with Crippen molar-refractivity contribution in [1.29, 1.82) is 0 Å². The van der Waals surface area contributed by atoms with E-state index in [1.807, 2.05) is 19.1 Å². The lowest BCUT2D eigenvalue weighted by Crippen LogP contribution is -2.26. The molecular formula is C17H22N2O4S. The molecule has 0 bridgehead atoms. The number of carbonyl (C=O) groups is 1. The molecule has 2 aromatic rings. The number of hydrogen-bond donors (Lipinski definition) is 1. The molecule has 1 aromatic heterocycles. The van der Waals surface area contributed by atoms with Gasteiger partial charge in [-0.25, -0.2) is 13.1 Å². The number of aryl methyl sites for hydroxylation is 2. The minimum atomic E-state index is -3.43. The van der Waals surface area contributed by atoms with Gasteiger partial charge in [-0.2, -0.15) is 0 Å². The molecular weight excluding hydrogens is 328 g/mol. The number of nitrogens with one attached hydrogen (secondary N) is 1. The predicted molar refractivity (Wildman–Crippen MR) is 90.9 cm³/mol. The zero-order chi connectivity index (χ0) is 17.7. The van der Waals surface area contributed by atoms with E-state index in [4.69, 9.17) is 4.42 Å². The highest BCUT2D eigenvalue weighted by molar-refractivity contribution is 7.89. The summed E-state index contributed by atoms with van der Waals surface area (Å²) in [5, 5.41) is 0. The SMILES string of the molecule is CNS(=O)(=O)c1ccc(CCC(=O)N(C)Cc2ccc(C)o2)cc1. The van der Waals surface area contributed by atoms with Gasteiger partial charge in [-0.15, -0.1) is 0 Å². The van der Waals surface area contributed by atoms with Crippen LogP contribution in [0, 0.1) is 6.92 Å². The van der Waals surface area contributed by atoms with E-state index in [2.05, 4.69) is 4.72 Å². The average molecular weight is 350 g/mol. The molecule has 0 aliphatic carbocycles. The Morgan fingerprint density at radius 2 is 1.83 bits per heavy atom. The molecule has 0 radical (unpaired) electrons. The fraction of sp³-hybridized carbons (Fsp3) is 0.353. The topological polar surface area (TPSA) is 79.6 Å². The van der Waals surface area contributed by atoms with Gasteiger partial charge in [-0.3, -0.25) is 4.79 Å². The van der Waals surface area contributed by atoms with Crippen LogP contribution in [-0.2, 0) is 27.8 Å². The largest absolute Gasteiger partial charge is 0.464 e. The lowest BCUT2D eigenvalue weighted by molar-refractivity contribution is -0.130. The van der Waals surface area contributed by atoms with Crippen LogP contribution in [0.4, 0.5) is 0 Å². The van der Waals surface area contributed by atoms with Crippen LogP contribution >= 0.6 is 0 Å². The number of rotatable bonds is 7. The lowest BCUT2D eigenvalue weighted by Gasteiger charge is -2.15. The van der Waals surface area contributed by atoms with Crippen LogP contribution < -0.4 is 4.72 Å². The number of carbonyl (C=O) groups excluding carboxylic acids is 1. The van der Waals surface area contributed by atoms with Crippen LogP contribution in [0.15, 0.2) is 45.7 Å². The standard InChI is InChI=1S/C17H22N2O4S/c1-13-4-8-15(23-13)12-19(3)17(20)11-7-14-5-9-16(10-6-14)24(21,22)18-2/h4-6,8-10,18H,7,11-12H2,1-3H3. The van der Waals surface area contributed by atoms with Crippen LogP contribution in [0.3, 0.4) is 0 Å². The van der Waals surface area contributed by atoms with Gasteiger partial charge in [0.2, 0.25) is 15.9 Å². The maximum Gasteiger partial charge on any atom is 0.240 e. The highest BCUT2D eigenvalue weighted by Gasteiger charge is 2.13. The second kappa shape index (κ2) is 7.63. The van der Waals surface area contributed by atoms with Crippen molar-refractivity contribution in [1.82, 2.24) is 9.62 Å². The molecule has 1 heterocycles. The molecule has 0 fully saturated rings. The smallest absolute Gasteiger partial charge is 0.240 e. The number of amides is 1. The molecule has 2 rings (SSSR count). The molecule has 0 aliphatic rings. The van der Waals surface area contributed by atoms with E-state index in [1.165, 1.54) is 7.05 Å². The number of furan rings is 1. The monoisotopic (exact) mass is 350 g/mol. The average Bonchev–Trinajstić information content (AvgIpc) is 2.97. The molecule has 0 unspecified atom stereocenters. The molecule has 0 saturated heterocycles. The Hall–Kier alpha value is -2.12. The Morgan fingerprint density at radius 3 is 2.38 bits per heavy atom. The summed E-state index contributed by atoms with van der Waals surface area (Å²) >= 11 is 0.